The SMILES string of the molecule is N#Cc1ccc(CSc2ccc(C(F)(F)C(CN(N)/C=N\N)c3ccc(F)cc3F)nc2)c(F)c1. The van der Waals surface area contributed by atoms with Crippen molar-refractivity contribution in [1.82, 2.24) is 9.99 Å². The second kappa shape index (κ2) is 11.2. The Morgan fingerprint density at radius 1 is 1.11 bits per heavy atom. The number of hydrazone groups is 1. The summed E-state index contributed by atoms with van der Waals surface area (Å²) < 4.78 is 72.9. The predicted octanol–water partition coefficient (Wildman–Crippen LogP) is 4.62. The van der Waals surface area contributed by atoms with Gasteiger partial charge in [-0.15, -0.1) is 11.8 Å². The highest BCUT2D eigenvalue weighted by Crippen LogP contribution is 2.43. The van der Waals surface area contributed by atoms with Crippen LogP contribution in [0.3, 0.4) is 0 Å². The first kappa shape index (κ1) is 25.9. The maximum atomic E-state index is 15.5. The van der Waals surface area contributed by atoms with Crippen molar-refractivity contribution in [1.29, 1.82) is 5.26 Å². The van der Waals surface area contributed by atoms with Crippen LogP contribution in [0.25, 0.3) is 0 Å². The third kappa shape index (κ3) is 6.26. The largest absolute Gasteiger partial charge is 0.322 e. The second-order valence-electron chi connectivity index (χ2n) is 7.39. The third-order valence-corrected chi connectivity index (χ3v) is 6.07. The number of nitrogens with zero attached hydrogens (tertiary/aromatic N) is 4. The van der Waals surface area contributed by atoms with Gasteiger partial charge < -0.3 is 5.84 Å². The van der Waals surface area contributed by atoms with E-state index in [9.17, 15) is 13.2 Å². The van der Waals surface area contributed by atoms with Crippen LogP contribution in [0.5, 0.6) is 0 Å². The summed E-state index contributed by atoms with van der Waals surface area (Å²) in [6.45, 7) is -0.605. The van der Waals surface area contributed by atoms with Crippen molar-refractivity contribution in [3.63, 3.8) is 0 Å². The number of thioether (sulfide) groups is 1. The molecular weight excluding hydrogens is 487 g/mol. The molecule has 3 aromatic rings. The van der Waals surface area contributed by atoms with E-state index < -0.39 is 47.1 Å². The van der Waals surface area contributed by atoms with Gasteiger partial charge in [-0.1, -0.05) is 12.1 Å². The minimum absolute atomic E-state index is 0.179. The molecule has 0 bridgehead atoms. The molecule has 0 saturated heterocycles. The molecule has 4 N–H and O–H groups in total. The molecule has 0 saturated carbocycles. The number of nitriles is 1. The molecule has 1 aromatic heterocycles. The molecule has 3 rings (SSSR count). The summed E-state index contributed by atoms with van der Waals surface area (Å²) in [4.78, 5) is 4.32. The van der Waals surface area contributed by atoms with Gasteiger partial charge >= 0.3 is 0 Å². The zero-order valence-electron chi connectivity index (χ0n) is 18.0. The number of halogens is 5. The fourth-order valence-corrected chi connectivity index (χ4v) is 4.12. The summed E-state index contributed by atoms with van der Waals surface area (Å²) in [7, 11) is 0. The maximum absolute atomic E-state index is 15.5. The highest BCUT2D eigenvalue weighted by atomic mass is 32.2. The van der Waals surface area contributed by atoms with Gasteiger partial charge in [-0.2, -0.15) is 19.1 Å². The van der Waals surface area contributed by atoms with Crippen LogP contribution in [0.15, 0.2) is 64.7 Å². The van der Waals surface area contributed by atoms with Crippen LogP contribution in [0.4, 0.5) is 22.0 Å². The zero-order valence-corrected chi connectivity index (χ0v) is 18.8. The van der Waals surface area contributed by atoms with E-state index in [0.29, 0.717) is 16.5 Å². The Labute approximate surface area is 202 Å². The van der Waals surface area contributed by atoms with E-state index in [1.54, 1.807) is 0 Å². The Kier molecular flexibility index (Phi) is 8.26. The lowest BCUT2D eigenvalue weighted by molar-refractivity contribution is -0.0444. The van der Waals surface area contributed by atoms with Gasteiger partial charge in [0, 0.05) is 29.5 Å². The van der Waals surface area contributed by atoms with Crippen LogP contribution in [-0.2, 0) is 11.7 Å². The lowest BCUT2D eigenvalue weighted by atomic mass is 9.89. The molecule has 0 aliphatic carbocycles. The number of aromatic nitrogens is 1. The van der Waals surface area contributed by atoms with Crippen LogP contribution in [0.1, 0.15) is 28.3 Å². The number of hydrazine groups is 1. The highest BCUT2D eigenvalue weighted by Gasteiger charge is 2.45. The smallest absolute Gasteiger partial charge is 0.298 e. The molecule has 0 fully saturated rings. The van der Waals surface area contributed by atoms with Crippen molar-refractivity contribution in [3.8, 4) is 6.07 Å². The van der Waals surface area contributed by atoms with Crippen LogP contribution in [0, 0.1) is 28.8 Å². The molecule has 1 atom stereocenters. The average molecular weight is 507 g/mol. The first-order valence-corrected chi connectivity index (χ1v) is 11.0. The van der Waals surface area contributed by atoms with E-state index in [4.69, 9.17) is 16.9 Å². The van der Waals surface area contributed by atoms with E-state index in [0.717, 1.165) is 47.4 Å². The normalized spacial score (nSPS) is 12.5. The predicted molar refractivity (Wildman–Crippen MR) is 121 cm³/mol. The molecule has 2 aromatic carbocycles. The van der Waals surface area contributed by atoms with Gasteiger partial charge in [0.05, 0.1) is 17.6 Å². The Morgan fingerprint density at radius 2 is 1.89 bits per heavy atom. The summed E-state index contributed by atoms with van der Waals surface area (Å²) in [5, 5.41) is 12.7. The van der Waals surface area contributed by atoms with Crippen molar-refractivity contribution in [2.45, 2.75) is 22.5 Å². The molecular formula is C23H19F5N6S. The Bertz CT molecular complexity index is 1250. The standard InChI is InChI=1S/C23H19F5N6S/c24-16-3-5-18(21(26)8-16)19(11-34(31)13-33-30)23(27,28)22-6-4-17(10-32-22)35-12-15-2-1-14(9-29)7-20(15)25/h1-8,10,13,19H,11-12,30-31H2/b33-13-. The van der Waals surface area contributed by atoms with Gasteiger partial charge in [-0.25, -0.2) is 19.0 Å². The van der Waals surface area contributed by atoms with Gasteiger partial charge in [-0.3, -0.25) is 9.99 Å². The summed E-state index contributed by atoms with van der Waals surface area (Å²) in [6.07, 6.45) is 2.08. The Morgan fingerprint density at radius 3 is 2.49 bits per heavy atom. The Balaban J connectivity index is 1.84. The molecule has 1 unspecified atom stereocenters. The van der Waals surface area contributed by atoms with Crippen LogP contribution >= 0.6 is 11.8 Å². The van der Waals surface area contributed by atoms with E-state index in [2.05, 4.69) is 10.1 Å². The van der Waals surface area contributed by atoms with E-state index in [1.165, 1.54) is 24.4 Å². The van der Waals surface area contributed by atoms with Crippen LogP contribution in [-0.4, -0.2) is 22.9 Å². The fourth-order valence-electron chi connectivity index (χ4n) is 3.27. The summed E-state index contributed by atoms with van der Waals surface area (Å²) in [5.74, 6) is 2.61. The first-order chi connectivity index (χ1) is 16.6. The van der Waals surface area contributed by atoms with Crippen molar-refractivity contribution in [2.75, 3.05) is 6.54 Å². The number of pyridine rings is 1. The van der Waals surface area contributed by atoms with Gasteiger partial charge in [0.15, 0.2) is 0 Å². The second-order valence-corrected chi connectivity index (χ2v) is 8.44. The summed E-state index contributed by atoms with van der Waals surface area (Å²) >= 11 is 1.16. The van der Waals surface area contributed by atoms with Crippen molar-refractivity contribution in [2.24, 2.45) is 16.8 Å². The lowest BCUT2D eigenvalue weighted by Gasteiger charge is -2.29. The monoisotopic (exact) mass is 506 g/mol. The maximum Gasteiger partial charge on any atom is 0.298 e. The van der Waals surface area contributed by atoms with Crippen molar-refractivity contribution >= 4 is 18.1 Å². The molecule has 0 radical (unpaired) electrons. The number of nitrogens with two attached hydrogens (primary N) is 2. The zero-order chi connectivity index (χ0) is 25.6. The van der Waals surface area contributed by atoms with Gasteiger partial charge in [-0.05, 0) is 41.5 Å². The number of benzene rings is 2. The summed E-state index contributed by atoms with van der Waals surface area (Å²) in [6, 6.07) is 10.7. The first-order valence-electron chi connectivity index (χ1n) is 10.0. The molecule has 35 heavy (non-hydrogen) atoms. The average Bonchev–Trinajstić information content (AvgIpc) is 2.82. The third-order valence-electron chi connectivity index (χ3n) is 5.04. The van der Waals surface area contributed by atoms with Crippen molar-refractivity contribution < 1.29 is 22.0 Å². The van der Waals surface area contributed by atoms with E-state index in [-0.39, 0.29) is 11.3 Å². The molecule has 12 heteroatoms. The fraction of sp³-hybridized carbons (Fsp3) is 0.174. The molecule has 182 valence electrons. The van der Waals surface area contributed by atoms with Crippen LogP contribution < -0.4 is 11.7 Å². The molecule has 1 heterocycles. The molecule has 0 aliphatic heterocycles. The van der Waals surface area contributed by atoms with Gasteiger partial charge in [0.1, 0.15) is 29.5 Å². The number of hydrogen-bond donors (Lipinski definition) is 2. The highest BCUT2D eigenvalue weighted by molar-refractivity contribution is 7.98. The molecule has 0 amide bonds. The quantitative estimate of drug-likeness (QED) is 0.110. The molecule has 0 spiro atoms. The van der Waals surface area contributed by atoms with E-state index >= 15 is 8.78 Å². The molecule has 0 aliphatic rings. The Hall–Kier alpha value is -3.69. The minimum atomic E-state index is -3.72. The number of hydrogen-bond acceptors (Lipinski definition) is 6. The van der Waals surface area contributed by atoms with Gasteiger partial charge in [0.25, 0.3) is 5.92 Å². The number of rotatable bonds is 9. The summed E-state index contributed by atoms with van der Waals surface area (Å²) in [5.41, 5.74) is -0.614. The van der Waals surface area contributed by atoms with E-state index in [1.807, 2.05) is 6.07 Å². The molecule has 6 nitrogen and oxygen atoms in total. The lowest BCUT2D eigenvalue weighted by Crippen LogP contribution is -2.40. The van der Waals surface area contributed by atoms with Crippen molar-refractivity contribution in [3.05, 3.63) is 94.6 Å². The van der Waals surface area contributed by atoms with Crippen LogP contribution in [0.2, 0.25) is 0 Å². The van der Waals surface area contributed by atoms with Gasteiger partial charge in [0.2, 0.25) is 0 Å². The topological polar surface area (TPSA) is 104 Å². The number of alkyl halides is 2. The minimum Gasteiger partial charge on any atom is -0.322 e.